The van der Waals surface area contributed by atoms with Crippen LogP contribution in [0.1, 0.15) is 30.5 Å². The number of benzene rings is 1. The van der Waals surface area contributed by atoms with Crippen molar-refractivity contribution in [1.29, 1.82) is 0 Å². The van der Waals surface area contributed by atoms with Gasteiger partial charge in [-0.1, -0.05) is 29.1 Å². The smallest absolute Gasteiger partial charge is 0.264 e. The van der Waals surface area contributed by atoms with E-state index in [-0.39, 0.29) is 22.4 Å². The Labute approximate surface area is 185 Å². The second-order valence-corrected chi connectivity index (χ2v) is 10.3. The number of piperidine rings is 1. The van der Waals surface area contributed by atoms with Crippen LogP contribution in [0.5, 0.6) is 0 Å². The third kappa shape index (κ3) is 5.73. The molecule has 1 saturated heterocycles. The van der Waals surface area contributed by atoms with Crippen LogP contribution in [-0.2, 0) is 14.8 Å². The summed E-state index contributed by atoms with van der Waals surface area (Å²) in [6.07, 6.45) is 3.49. The average molecular weight is 469 g/mol. The summed E-state index contributed by atoms with van der Waals surface area (Å²) in [7, 11) is -3.82. The molecule has 1 fully saturated rings. The number of anilines is 2. The van der Waals surface area contributed by atoms with E-state index in [1.165, 1.54) is 30.3 Å². The van der Waals surface area contributed by atoms with Crippen molar-refractivity contribution in [3.63, 3.8) is 0 Å². The molecule has 0 spiro atoms. The van der Waals surface area contributed by atoms with Gasteiger partial charge in [-0.2, -0.15) is 0 Å². The van der Waals surface area contributed by atoms with Gasteiger partial charge in [0, 0.05) is 24.3 Å². The quantitative estimate of drug-likeness (QED) is 0.621. The van der Waals surface area contributed by atoms with E-state index in [2.05, 4.69) is 20.1 Å². The molecule has 1 aromatic heterocycles. The third-order valence-corrected chi connectivity index (χ3v) is 7.64. The summed E-state index contributed by atoms with van der Waals surface area (Å²) in [5.74, 6) is 0.105. The zero-order valence-electron chi connectivity index (χ0n) is 16.8. The number of nitrogens with one attached hydrogen (secondary N) is 2. The second kappa shape index (κ2) is 9.80. The Morgan fingerprint density at radius 2 is 1.87 bits per heavy atom. The summed E-state index contributed by atoms with van der Waals surface area (Å²) in [6, 6.07) is 5.92. The average Bonchev–Trinajstić information content (AvgIpc) is 3.04. The lowest BCUT2D eigenvalue weighted by molar-refractivity contribution is -0.113. The molecule has 1 aliphatic rings. The number of hydrogen-bond acceptors (Lipinski definition) is 7. The molecular formula is C19H24N4O4S3. The van der Waals surface area contributed by atoms with Crippen LogP contribution in [-0.4, -0.2) is 47.5 Å². The molecule has 1 aromatic carbocycles. The molecule has 30 heavy (non-hydrogen) atoms. The van der Waals surface area contributed by atoms with Gasteiger partial charge in [0.05, 0.1) is 16.3 Å². The highest BCUT2D eigenvalue weighted by molar-refractivity contribution is 8.23. The minimum absolute atomic E-state index is 0.0506. The van der Waals surface area contributed by atoms with E-state index in [1.807, 2.05) is 0 Å². The topological polar surface area (TPSA) is 105 Å². The molecule has 11 heteroatoms. The molecule has 0 radical (unpaired) electrons. The van der Waals surface area contributed by atoms with Crippen LogP contribution in [0, 0.1) is 13.8 Å². The number of likely N-dealkylation sites (tertiary alicyclic amines) is 1. The van der Waals surface area contributed by atoms with Crippen molar-refractivity contribution in [2.24, 2.45) is 0 Å². The van der Waals surface area contributed by atoms with Crippen LogP contribution < -0.4 is 10.0 Å². The molecule has 8 nitrogen and oxygen atoms in total. The molecule has 1 amide bonds. The fourth-order valence-electron chi connectivity index (χ4n) is 2.90. The fourth-order valence-corrected chi connectivity index (χ4v) is 5.00. The first-order valence-electron chi connectivity index (χ1n) is 9.53. The van der Waals surface area contributed by atoms with Crippen molar-refractivity contribution >= 4 is 55.8 Å². The number of sulfonamides is 1. The maximum atomic E-state index is 12.5. The van der Waals surface area contributed by atoms with E-state index >= 15 is 0 Å². The largest absolute Gasteiger partial charge is 0.358 e. The lowest BCUT2D eigenvalue weighted by Gasteiger charge is -2.28. The monoisotopic (exact) mass is 468 g/mol. The standard InChI is InChI=1S/C19H24N4O4S3/c1-13-14(2)21-27-18(13)22-30(25,26)16-8-6-15(7-9-16)20-17(24)12-29-19(28)23-10-4-3-5-11-23/h6-9,22H,3-5,10-12H2,1-2H3,(H,20,24). The Kier molecular flexibility index (Phi) is 7.37. The molecule has 2 heterocycles. The van der Waals surface area contributed by atoms with Gasteiger partial charge < -0.3 is 14.7 Å². The number of amides is 1. The number of nitrogens with zero attached hydrogens (tertiary/aromatic N) is 2. The predicted octanol–water partition coefficient (Wildman–Crippen LogP) is 3.53. The highest BCUT2D eigenvalue weighted by Crippen LogP contribution is 2.23. The van der Waals surface area contributed by atoms with Gasteiger partial charge in [-0.3, -0.25) is 4.79 Å². The highest BCUT2D eigenvalue weighted by atomic mass is 32.2. The number of aromatic nitrogens is 1. The minimum atomic E-state index is -3.82. The molecule has 3 rings (SSSR count). The first-order valence-corrected chi connectivity index (χ1v) is 12.4. The van der Waals surface area contributed by atoms with E-state index in [0.29, 0.717) is 16.9 Å². The first-order chi connectivity index (χ1) is 14.3. The Bertz CT molecular complexity index is 1010. The normalized spacial score (nSPS) is 14.4. The Morgan fingerprint density at radius 3 is 2.47 bits per heavy atom. The number of hydrogen-bond donors (Lipinski definition) is 2. The molecule has 0 bridgehead atoms. The van der Waals surface area contributed by atoms with Crippen molar-refractivity contribution in [2.75, 3.05) is 28.9 Å². The van der Waals surface area contributed by atoms with Gasteiger partial charge in [0.1, 0.15) is 4.32 Å². The SMILES string of the molecule is Cc1noc(NS(=O)(=O)c2ccc(NC(=O)CSC(=S)N3CCCCC3)cc2)c1C. The van der Waals surface area contributed by atoms with Crippen molar-refractivity contribution in [3.05, 3.63) is 35.5 Å². The number of thioether (sulfide) groups is 1. The molecular weight excluding hydrogens is 444 g/mol. The highest BCUT2D eigenvalue weighted by Gasteiger charge is 2.19. The van der Waals surface area contributed by atoms with Crippen molar-refractivity contribution in [3.8, 4) is 0 Å². The van der Waals surface area contributed by atoms with Crippen LogP contribution in [0.15, 0.2) is 33.7 Å². The van der Waals surface area contributed by atoms with E-state index in [1.54, 1.807) is 26.0 Å². The summed E-state index contributed by atoms with van der Waals surface area (Å²) < 4.78 is 33.2. The number of thiocarbonyl (C=S) groups is 1. The lowest BCUT2D eigenvalue weighted by atomic mass is 10.1. The van der Waals surface area contributed by atoms with E-state index in [4.69, 9.17) is 16.7 Å². The molecule has 162 valence electrons. The maximum absolute atomic E-state index is 12.5. The molecule has 0 unspecified atom stereocenters. The van der Waals surface area contributed by atoms with Gasteiger partial charge >= 0.3 is 0 Å². The van der Waals surface area contributed by atoms with Gasteiger partial charge in [0.2, 0.25) is 11.8 Å². The summed E-state index contributed by atoms with van der Waals surface area (Å²) in [5.41, 5.74) is 1.75. The van der Waals surface area contributed by atoms with Gasteiger partial charge in [-0.05, 0) is 57.4 Å². The van der Waals surface area contributed by atoms with Gasteiger partial charge in [0.15, 0.2) is 0 Å². The minimum Gasteiger partial charge on any atom is -0.358 e. The van der Waals surface area contributed by atoms with Crippen molar-refractivity contribution in [1.82, 2.24) is 10.1 Å². The summed E-state index contributed by atoms with van der Waals surface area (Å²) in [5, 5.41) is 6.50. The zero-order valence-corrected chi connectivity index (χ0v) is 19.3. The molecule has 2 aromatic rings. The van der Waals surface area contributed by atoms with E-state index in [0.717, 1.165) is 30.3 Å². The fraction of sp³-hybridized carbons (Fsp3) is 0.421. The van der Waals surface area contributed by atoms with E-state index in [9.17, 15) is 13.2 Å². The molecule has 1 aliphatic heterocycles. The first kappa shape index (κ1) is 22.6. The predicted molar refractivity (Wildman–Crippen MR) is 122 cm³/mol. The number of carbonyl (C=O) groups excluding carboxylic acids is 1. The van der Waals surface area contributed by atoms with Crippen LogP contribution in [0.2, 0.25) is 0 Å². The number of carbonyl (C=O) groups is 1. The molecule has 0 saturated carbocycles. The van der Waals surface area contributed by atoms with Gasteiger partial charge in [-0.15, -0.1) is 0 Å². The second-order valence-electron chi connectivity index (χ2n) is 7.00. The Balaban J connectivity index is 1.54. The van der Waals surface area contributed by atoms with Crippen LogP contribution >= 0.6 is 24.0 Å². The summed E-state index contributed by atoms with van der Waals surface area (Å²) >= 11 is 6.75. The molecule has 2 N–H and O–H groups in total. The third-order valence-electron chi connectivity index (χ3n) is 4.77. The Morgan fingerprint density at radius 1 is 1.20 bits per heavy atom. The van der Waals surface area contributed by atoms with Crippen molar-refractivity contribution < 1.29 is 17.7 Å². The van der Waals surface area contributed by atoms with Gasteiger partial charge in [-0.25, -0.2) is 13.1 Å². The Hall–Kier alpha value is -2.11. The molecule has 0 atom stereocenters. The van der Waals surface area contributed by atoms with Crippen LogP contribution in [0.3, 0.4) is 0 Å². The number of rotatable bonds is 6. The van der Waals surface area contributed by atoms with E-state index < -0.39 is 10.0 Å². The number of aryl methyl sites for hydroxylation is 1. The van der Waals surface area contributed by atoms with Crippen LogP contribution in [0.25, 0.3) is 0 Å². The summed E-state index contributed by atoms with van der Waals surface area (Å²) in [6.45, 7) is 5.35. The maximum Gasteiger partial charge on any atom is 0.264 e. The van der Waals surface area contributed by atoms with Gasteiger partial charge in [0.25, 0.3) is 10.0 Å². The van der Waals surface area contributed by atoms with Crippen molar-refractivity contribution in [2.45, 2.75) is 38.0 Å². The zero-order chi connectivity index (χ0) is 21.7. The lowest BCUT2D eigenvalue weighted by Crippen LogP contribution is -2.33. The summed E-state index contributed by atoms with van der Waals surface area (Å²) in [4.78, 5) is 14.4. The molecule has 0 aliphatic carbocycles. The van der Waals surface area contributed by atoms with Crippen LogP contribution in [0.4, 0.5) is 11.6 Å².